The van der Waals surface area contributed by atoms with Crippen LogP contribution in [-0.2, 0) is 6.42 Å². The highest BCUT2D eigenvalue weighted by molar-refractivity contribution is 6.30. The molecular formula is C22H19ClN4O. The van der Waals surface area contributed by atoms with Crippen LogP contribution in [0.25, 0.3) is 16.8 Å². The van der Waals surface area contributed by atoms with Crippen molar-refractivity contribution < 1.29 is 4.79 Å². The van der Waals surface area contributed by atoms with Crippen molar-refractivity contribution in [3.63, 3.8) is 0 Å². The Balaban J connectivity index is 1.47. The molecule has 28 heavy (non-hydrogen) atoms. The number of rotatable bonds is 6. The van der Waals surface area contributed by atoms with Crippen molar-refractivity contribution >= 4 is 23.2 Å². The van der Waals surface area contributed by atoms with E-state index in [4.69, 9.17) is 11.6 Å². The van der Waals surface area contributed by atoms with Gasteiger partial charge < -0.3 is 5.32 Å². The molecule has 0 radical (unpaired) electrons. The maximum absolute atomic E-state index is 12.6. The van der Waals surface area contributed by atoms with E-state index < -0.39 is 0 Å². The summed E-state index contributed by atoms with van der Waals surface area (Å²) in [7, 11) is 0. The molecule has 0 atom stereocenters. The number of aryl methyl sites for hydroxylation is 1. The first-order chi connectivity index (χ1) is 13.7. The van der Waals surface area contributed by atoms with Gasteiger partial charge in [0.05, 0.1) is 6.20 Å². The summed E-state index contributed by atoms with van der Waals surface area (Å²) in [4.78, 5) is 17.0. The first-order valence-corrected chi connectivity index (χ1v) is 9.51. The Morgan fingerprint density at radius 3 is 2.61 bits per heavy atom. The molecule has 1 N–H and O–H groups in total. The molecular weight excluding hydrogens is 372 g/mol. The quantitative estimate of drug-likeness (QED) is 0.496. The molecule has 4 aromatic rings. The maximum Gasteiger partial charge on any atom is 0.270 e. The predicted molar refractivity (Wildman–Crippen MR) is 111 cm³/mol. The minimum absolute atomic E-state index is 0.161. The van der Waals surface area contributed by atoms with Crippen molar-refractivity contribution in [3.8, 4) is 11.1 Å². The number of nitrogens with one attached hydrogen (secondary N) is 1. The Morgan fingerprint density at radius 1 is 1.04 bits per heavy atom. The zero-order chi connectivity index (χ0) is 19.3. The van der Waals surface area contributed by atoms with Crippen molar-refractivity contribution in [3.05, 3.63) is 89.3 Å². The monoisotopic (exact) mass is 390 g/mol. The molecule has 6 heteroatoms. The standard InChI is InChI=1S/C22H19ClN4O/c23-18-10-8-17(9-11-18)19-15-26-27-20(12-14-24-21(19)27)22(28)25-13-4-7-16-5-2-1-3-6-16/h1-3,5-6,8-12,14-15H,4,7,13H2,(H,25,28). The van der Waals surface area contributed by atoms with Crippen LogP contribution in [-0.4, -0.2) is 27.0 Å². The van der Waals surface area contributed by atoms with E-state index in [1.165, 1.54) is 5.56 Å². The third-order valence-corrected chi connectivity index (χ3v) is 4.81. The van der Waals surface area contributed by atoms with E-state index in [9.17, 15) is 4.79 Å². The van der Waals surface area contributed by atoms with Gasteiger partial charge in [-0.05, 0) is 42.2 Å². The van der Waals surface area contributed by atoms with Gasteiger partial charge in [0.2, 0.25) is 0 Å². The molecule has 2 aromatic heterocycles. The van der Waals surface area contributed by atoms with Crippen LogP contribution in [0.15, 0.2) is 73.1 Å². The van der Waals surface area contributed by atoms with Crippen molar-refractivity contribution in [1.29, 1.82) is 0 Å². The molecule has 4 rings (SSSR count). The van der Waals surface area contributed by atoms with Crippen LogP contribution in [0.1, 0.15) is 22.5 Å². The fourth-order valence-electron chi connectivity index (χ4n) is 3.13. The summed E-state index contributed by atoms with van der Waals surface area (Å²) < 4.78 is 1.58. The molecule has 0 fully saturated rings. The van der Waals surface area contributed by atoms with Crippen LogP contribution < -0.4 is 5.32 Å². The molecule has 0 aliphatic heterocycles. The summed E-state index contributed by atoms with van der Waals surface area (Å²) in [6.45, 7) is 0.600. The van der Waals surface area contributed by atoms with Crippen molar-refractivity contribution in [2.45, 2.75) is 12.8 Å². The molecule has 0 unspecified atom stereocenters. The summed E-state index contributed by atoms with van der Waals surface area (Å²) in [5.74, 6) is -0.161. The average Bonchev–Trinajstić information content (AvgIpc) is 3.16. The van der Waals surface area contributed by atoms with Crippen molar-refractivity contribution in [1.82, 2.24) is 19.9 Å². The van der Waals surface area contributed by atoms with Crippen LogP contribution in [0.2, 0.25) is 5.02 Å². The normalized spacial score (nSPS) is 10.9. The summed E-state index contributed by atoms with van der Waals surface area (Å²) in [6.07, 6.45) is 5.15. The predicted octanol–water partition coefficient (Wildman–Crippen LogP) is 4.41. The van der Waals surface area contributed by atoms with E-state index in [1.54, 1.807) is 23.0 Å². The lowest BCUT2D eigenvalue weighted by Gasteiger charge is -2.07. The Hall–Kier alpha value is -3.18. The van der Waals surface area contributed by atoms with E-state index in [0.29, 0.717) is 22.9 Å². The zero-order valence-electron chi connectivity index (χ0n) is 15.2. The van der Waals surface area contributed by atoms with Crippen molar-refractivity contribution in [2.75, 3.05) is 6.54 Å². The van der Waals surface area contributed by atoms with Gasteiger partial charge in [0.25, 0.3) is 5.91 Å². The van der Waals surface area contributed by atoms with Crippen LogP contribution in [0.5, 0.6) is 0 Å². The molecule has 0 saturated heterocycles. The number of hydrogen-bond donors (Lipinski definition) is 1. The smallest absolute Gasteiger partial charge is 0.270 e. The Bertz CT molecular complexity index is 1090. The van der Waals surface area contributed by atoms with Gasteiger partial charge in [-0.2, -0.15) is 5.10 Å². The number of nitrogens with zero attached hydrogens (tertiary/aromatic N) is 3. The van der Waals surface area contributed by atoms with Gasteiger partial charge in [-0.25, -0.2) is 9.50 Å². The summed E-state index contributed by atoms with van der Waals surface area (Å²) in [5.41, 5.74) is 4.18. The molecule has 0 spiro atoms. The maximum atomic E-state index is 12.6. The Labute approximate surface area is 168 Å². The summed E-state index contributed by atoms with van der Waals surface area (Å²) in [5, 5.41) is 8.02. The Morgan fingerprint density at radius 2 is 1.82 bits per heavy atom. The lowest BCUT2D eigenvalue weighted by Crippen LogP contribution is -2.27. The lowest BCUT2D eigenvalue weighted by atomic mass is 10.1. The summed E-state index contributed by atoms with van der Waals surface area (Å²) in [6, 6.07) is 19.4. The summed E-state index contributed by atoms with van der Waals surface area (Å²) >= 11 is 5.97. The number of fused-ring (bicyclic) bond motifs is 1. The zero-order valence-corrected chi connectivity index (χ0v) is 15.9. The molecule has 0 bridgehead atoms. The molecule has 0 saturated carbocycles. The lowest BCUT2D eigenvalue weighted by molar-refractivity contribution is 0.0945. The third-order valence-electron chi connectivity index (χ3n) is 4.56. The number of benzene rings is 2. The number of amides is 1. The van der Waals surface area contributed by atoms with Gasteiger partial charge in [-0.1, -0.05) is 54.1 Å². The number of aromatic nitrogens is 3. The van der Waals surface area contributed by atoms with E-state index >= 15 is 0 Å². The van der Waals surface area contributed by atoms with E-state index in [2.05, 4.69) is 27.5 Å². The fraction of sp³-hybridized carbons (Fsp3) is 0.136. The molecule has 1 amide bonds. The minimum Gasteiger partial charge on any atom is -0.351 e. The second-order valence-corrected chi connectivity index (χ2v) is 6.91. The highest BCUT2D eigenvalue weighted by Crippen LogP contribution is 2.25. The van der Waals surface area contributed by atoms with Crippen LogP contribution >= 0.6 is 11.6 Å². The molecule has 2 heterocycles. The van der Waals surface area contributed by atoms with Gasteiger partial charge in [-0.3, -0.25) is 4.79 Å². The third kappa shape index (κ3) is 3.89. The van der Waals surface area contributed by atoms with Crippen LogP contribution in [0.3, 0.4) is 0 Å². The highest BCUT2D eigenvalue weighted by atomic mass is 35.5. The largest absolute Gasteiger partial charge is 0.351 e. The van der Waals surface area contributed by atoms with Gasteiger partial charge in [-0.15, -0.1) is 0 Å². The number of hydrogen-bond acceptors (Lipinski definition) is 3. The molecule has 5 nitrogen and oxygen atoms in total. The molecule has 140 valence electrons. The Kier molecular flexibility index (Phi) is 5.35. The fourth-order valence-corrected chi connectivity index (χ4v) is 3.25. The highest BCUT2D eigenvalue weighted by Gasteiger charge is 2.15. The molecule has 2 aromatic carbocycles. The first-order valence-electron chi connectivity index (χ1n) is 9.13. The van der Waals surface area contributed by atoms with E-state index in [1.807, 2.05) is 42.5 Å². The van der Waals surface area contributed by atoms with E-state index in [-0.39, 0.29) is 5.91 Å². The van der Waals surface area contributed by atoms with Gasteiger partial charge in [0.1, 0.15) is 5.69 Å². The number of halogens is 1. The van der Waals surface area contributed by atoms with Crippen LogP contribution in [0, 0.1) is 0 Å². The molecule has 0 aliphatic carbocycles. The first kappa shape index (κ1) is 18.2. The van der Waals surface area contributed by atoms with Gasteiger partial charge in [0.15, 0.2) is 5.65 Å². The molecule has 0 aliphatic rings. The van der Waals surface area contributed by atoms with Gasteiger partial charge in [0, 0.05) is 23.3 Å². The average molecular weight is 391 g/mol. The number of carbonyl (C=O) groups is 1. The van der Waals surface area contributed by atoms with Gasteiger partial charge >= 0.3 is 0 Å². The van der Waals surface area contributed by atoms with Crippen LogP contribution in [0.4, 0.5) is 0 Å². The minimum atomic E-state index is -0.161. The second kappa shape index (κ2) is 8.23. The second-order valence-electron chi connectivity index (χ2n) is 6.48. The van der Waals surface area contributed by atoms with E-state index in [0.717, 1.165) is 24.0 Å². The topological polar surface area (TPSA) is 59.3 Å². The SMILES string of the molecule is O=C(NCCCc1ccccc1)c1ccnc2c(-c3ccc(Cl)cc3)cnn12. The number of carbonyl (C=O) groups excluding carboxylic acids is 1. The van der Waals surface area contributed by atoms with Crippen molar-refractivity contribution in [2.24, 2.45) is 0 Å².